The van der Waals surface area contributed by atoms with E-state index in [0.29, 0.717) is 5.41 Å². The van der Waals surface area contributed by atoms with Crippen LogP contribution in [-0.2, 0) is 10.0 Å². The van der Waals surface area contributed by atoms with Crippen molar-refractivity contribution in [1.82, 2.24) is 9.29 Å². The van der Waals surface area contributed by atoms with Gasteiger partial charge in [0.1, 0.15) is 10.7 Å². The quantitative estimate of drug-likeness (QED) is 0.877. The first-order valence-corrected chi connectivity index (χ1v) is 8.96. The van der Waals surface area contributed by atoms with Crippen LogP contribution in [0.2, 0.25) is 0 Å². The monoisotopic (exact) mass is 311 g/mol. The maximum absolute atomic E-state index is 12.0. The van der Waals surface area contributed by atoms with Gasteiger partial charge in [-0.05, 0) is 36.8 Å². The fraction of sp³-hybridized carbons (Fsp3) is 0.667. The molecule has 0 aliphatic heterocycles. The van der Waals surface area contributed by atoms with Gasteiger partial charge in [-0.2, -0.15) is 0 Å². The minimum absolute atomic E-state index is 0.226. The number of hydrogen-bond donors (Lipinski definition) is 1. The summed E-state index contributed by atoms with van der Waals surface area (Å²) >= 11 is 0. The van der Waals surface area contributed by atoms with E-state index >= 15 is 0 Å². The van der Waals surface area contributed by atoms with Crippen LogP contribution in [0.1, 0.15) is 39.0 Å². The number of rotatable bonds is 6. The van der Waals surface area contributed by atoms with E-state index < -0.39 is 10.0 Å². The molecule has 1 aliphatic carbocycles. The van der Waals surface area contributed by atoms with Gasteiger partial charge in [-0.3, -0.25) is 0 Å². The van der Waals surface area contributed by atoms with Gasteiger partial charge >= 0.3 is 0 Å². The zero-order chi connectivity index (χ0) is 15.5. The SMILES string of the molecule is CCC1(CNc2ccc(S(=O)(=O)N(C)C)cn2)CCCC1. The van der Waals surface area contributed by atoms with Crippen LogP contribution >= 0.6 is 0 Å². The number of nitrogens with one attached hydrogen (secondary N) is 1. The topological polar surface area (TPSA) is 62.3 Å². The summed E-state index contributed by atoms with van der Waals surface area (Å²) in [5.41, 5.74) is 0.385. The van der Waals surface area contributed by atoms with Crippen molar-refractivity contribution in [3.05, 3.63) is 18.3 Å². The molecular weight excluding hydrogens is 286 g/mol. The third kappa shape index (κ3) is 3.55. The zero-order valence-corrected chi connectivity index (χ0v) is 13.9. The zero-order valence-electron chi connectivity index (χ0n) is 13.1. The first-order valence-electron chi connectivity index (χ1n) is 7.52. The molecule has 1 aromatic rings. The van der Waals surface area contributed by atoms with Crippen molar-refractivity contribution in [2.45, 2.75) is 43.9 Å². The lowest BCUT2D eigenvalue weighted by atomic mass is 9.83. The molecule has 21 heavy (non-hydrogen) atoms. The second kappa shape index (κ2) is 6.32. The molecule has 1 aromatic heterocycles. The van der Waals surface area contributed by atoms with Crippen LogP contribution in [0.15, 0.2) is 23.2 Å². The molecule has 0 unspecified atom stereocenters. The standard InChI is InChI=1S/C15H25N3O2S/c1-4-15(9-5-6-10-15)12-17-14-8-7-13(11-16-14)21(19,20)18(2)3/h7-8,11H,4-6,9-10,12H2,1-3H3,(H,16,17). The first kappa shape index (κ1) is 16.2. The van der Waals surface area contributed by atoms with E-state index in [9.17, 15) is 8.42 Å². The smallest absolute Gasteiger partial charge is 0.244 e. The molecule has 6 heteroatoms. The highest BCUT2D eigenvalue weighted by Gasteiger charge is 2.31. The maximum atomic E-state index is 12.0. The summed E-state index contributed by atoms with van der Waals surface area (Å²) in [7, 11) is -0.357. The van der Waals surface area contributed by atoms with Gasteiger partial charge in [0.2, 0.25) is 10.0 Å². The predicted molar refractivity (Wildman–Crippen MR) is 84.8 cm³/mol. The number of pyridine rings is 1. The van der Waals surface area contributed by atoms with E-state index in [1.165, 1.54) is 56.7 Å². The van der Waals surface area contributed by atoms with E-state index in [4.69, 9.17) is 0 Å². The molecule has 0 atom stereocenters. The third-order valence-corrected chi connectivity index (χ3v) is 6.37. The number of nitrogens with zero attached hydrogens (tertiary/aromatic N) is 2. The van der Waals surface area contributed by atoms with Crippen LogP contribution in [0.3, 0.4) is 0 Å². The number of sulfonamides is 1. The highest BCUT2D eigenvalue weighted by Crippen LogP contribution is 2.40. The van der Waals surface area contributed by atoms with Crippen molar-refractivity contribution < 1.29 is 8.42 Å². The summed E-state index contributed by atoms with van der Waals surface area (Å²) in [6.07, 6.45) is 7.75. The van der Waals surface area contributed by atoms with Crippen LogP contribution in [-0.4, -0.2) is 38.3 Å². The Morgan fingerprint density at radius 2 is 1.95 bits per heavy atom. The molecule has 0 bridgehead atoms. The fourth-order valence-corrected chi connectivity index (χ4v) is 3.75. The van der Waals surface area contributed by atoms with Crippen LogP contribution in [0.25, 0.3) is 0 Å². The lowest BCUT2D eigenvalue weighted by Crippen LogP contribution is -2.26. The Morgan fingerprint density at radius 3 is 2.43 bits per heavy atom. The predicted octanol–water partition coefficient (Wildman–Crippen LogP) is 2.71. The number of anilines is 1. The summed E-state index contributed by atoms with van der Waals surface area (Å²) in [6.45, 7) is 3.16. The fourth-order valence-electron chi connectivity index (χ4n) is 2.91. The molecule has 0 radical (unpaired) electrons. The molecule has 1 aliphatic rings. The van der Waals surface area contributed by atoms with Crippen molar-refractivity contribution in [2.75, 3.05) is 26.0 Å². The lowest BCUT2D eigenvalue weighted by molar-refractivity contribution is 0.306. The average molecular weight is 311 g/mol. The summed E-state index contributed by atoms with van der Waals surface area (Å²) in [4.78, 5) is 4.46. The van der Waals surface area contributed by atoms with Gasteiger partial charge in [-0.15, -0.1) is 0 Å². The van der Waals surface area contributed by atoms with Crippen molar-refractivity contribution in [3.63, 3.8) is 0 Å². The molecule has 0 saturated heterocycles. The molecule has 0 amide bonds. The van der Waals surface area contributed by atoms with E-state index in [2.05, 4.69) is 17.2 Å². The largest absolute Gasteiger partial charge is 0.370 e. The maximum Gasteiger partial charge on any atom is 0.244 e. The molecule has 1 heterocycles. The Morgan fingerprint density at radius 1 is 1.29 bits per heavy atom. The second-order valence-corrected chi connectivity index (χ2v) is 8.23. The van der Waals surface area contributed by atoms with Gasteiger partial charge in [0.05, 0.1) is 0 Å². The van der Waals surface area contributed by atoms with Gasteiger partial charge in [-0.1, -0.05) is 19.8 Å². The summed E-state index contributed by atoms with van der Waals surface area (Å²) in [5, 5.41) is 3.37. The summed E-state index contributed by atoms with van der Waals surface area (Å²) in [6, 6.07) is 3.35. The van der Waals surface area contributed by atoms with Gasteiger partial charge in [-0.25, -0.2) is 17.7 Å². The lowest BCUT2D eigenvalue weighted by Gasteiger charge is -2.27. The molecule has 118 valence electrons. The molecular formula is C15H25N3O2S. The van der Waals surface area contributed by atoms with E-state index in [1.807, 2.05) is 0 Å². The van der Waals surface area contributed by atoms with Gasteiger partial charge in [0.15, 0.2) is 0 Å². The summed E-state index contributed by atoms with van der Waals surface area (Å²) < 4.78 is 25.1. The van der Waals surface area contributed by atoms with Crippen LogP contribution in [0.4, 0.5) is 5.82 Å². The molecule has 1 fully saturated rings. The van der Waals surface area contributed by atoms with Crippen molar-refractivity contribution in [1.29, 1.82) is 0 Å². The van der Waals surface area contributed by atoms with E-state index in [-0.39, 0.29) is 4.90 Å². The molecule has 2 rings (SSSR count). The number of hydrogen-bond acceptors (Lipinski definition) is 4. The average Bonchev–Trinajstić information content (AvgIpc) is 2.95. The molecule has 5 nitrogen and oxygen atoms in total. The molecule has 1 N–H and O–H groups in total. The Kier molecular flexibility index (Phi) is 4.88. The minimum atomic E-state index is -3.40. The van der Waals surface area contributed by atoms with Gasteiger partial charge in [0.25, 0.3) is 0 Å². The highest BCUT2D eigenvalue weighted by molar-refractivity contribution is 7.89. The summed E-state index contributed by atoms with van der Waals surface area (Å²) in [5.74, 6) is 0.743. The van der Waals surface area contributed by atoms with Crippen molar-refractivity contribution in [3.8, 4) is 0 Å². The Bertz CT molecular complexity index is 561. The Hall–Kier alpha value is -1.14. The molecule has 0 aromatic carbocycles. The Balaban J connectivity index is 2.03. The molecule has 0 spiro atoms. The normalized spacial score (nSPS) is 18.1. The van der Waals surface area contributed by atoms with E-state index in [1.54, 1.807) is 12.1 Å². The van der Waals surface area contributed by atoms with Crippen LogP contribution < -0.4 is 5.32 Å². The van der Waals surface area contributed by atoms with Crippen LogP contribution in [0, 0.1) is 5.41 Å². The Labute approximate surface area is 127 Å². The van der Waals surface area contributed by atoms with Gasteiger partial charge in [0, 0.05) is 26.8 Å². The highest BCUT2D eigenvalue weighted by atomic mass is 32.2. The van der Waals surface area contributed by atoms with Crippen molar-refractivity contribution in [2.24, 2.45) is 5.41 Å². The first-order chi connectivity index (χ1) is 9.89. The van der Waals surface area contributed by atoms with E-state index in [0.717, 1.165) is 12.4 Å². The third-order valence-electron chi connectivity index (χ3n) is 4.57. The molecule has 1 saturated carbocycles. The number of aromatic nitrogens is 1. The van der Waals surface area contributed by atoms with Crippen molar-refractivity contribution >= 4 is 15.8 Å². The van der Waals surface area contributed by atoms with Gasteiger partial charge < -0.3 is 5.32 Å². The van der Waals surface area contributed by atoms with Crippen LogP contribution in [0.5, 0.6) is 0 Å². The second-order valence-electron chi connectivity index (χ2n) is 6.08. The minimum Gasteiger partial charge on any atom is -0.370 e.